The van der Waals surface area contributed by atoms with Gasteiger partial charge in [0.25, 0.3) is 0 Å². The van der Waals surface area contributed by atoms with Crippen LogP contribution in [0.15, 0.2) is 36.4 Å². The Balaban J connectivity index is 2.58. The van der Waals surface area contributed by atoms with Crippen molar-refractivity contribution < 1.29 is 15.6 Å². The van der Waals surface area contributed by atoms with Gasteiger partial charge in [-0.2, -0.15) is 0 Å². The van der Waals surface area contributed by atoms with E-state index in [1.807, 2.05) is 42.5 Å². The summed E-state index contributed by atoms with van der Waals surface area (Å²) in [6.45, 7) is 1.62. The Labute approximate surface area is 89.2 Å². The molecule has 0 saturated heterocycles. The molecule has 0 aliphatic carbocycles. The summed E-state index contributed by atoms with van der Waals surface area (Å²) >= 11 is 0. The summed E-state index contributed by atoms with van der Waals surface area (Å²) in [7, 11) is 0. The van der Waals surface area contributed by atoms with E-state index in [1.54, 1.807) is 6.92 Å². The van der Waals surface area contributed by atoms with Gasteiger partial charge < -0.3 is 10.8 Å². The van der Waals surface area contributed by atoms with Crippen molar-refractivity contribution in [2.75, 3.05) is 0 Å². The predicted molar refractivity (Wildman–Crippen MR) is 59.0 cm³/mol. The molecule has 4 N–H and O–H groups in total. The van der Waals surface area contributed by atoms with E-state index >= 15 is 0 Å². The maximum absolute atomic E-state index is 10.8. The minimum atomic E-state index is -0.939. The number of hydrogen-bond donors (Lipinski definition) is 2. The van der Waals surface area contributed by atoms with Gasteiger partial charge >= 0.3 is 5.97 Å². The van der Waals surface area contributed by atoms with Gasteiger partial charge in [-0.15, -0.1) is 0 Å². The Kier molecular flexibility index (Phi) is 3.63. The molecule has 1 atom stereocenters. The maximum atomic E-state index is 10.8. The highest BCUT2D eigenvalue weighted by molar-refractivity contribution is 5.76. The molecule has 0 radical (unpaired) electrons. The second-order valence-electron chi connectivity index (χ2n) is 3.88. The highest BCUT2D eigenvalue weighted by Gasteiger charge is 2.30. The van der Waals surface area contributed by atoms with E-state index in [0.717, 1.165) is 5.56 Å². The van der Waals surface area contributed by atoms with Crippen LogP contribution in [0.3, 0.4) is 0 Å². The summed E-state index contributed by atoms with van der Waals surface area (Å²) in [6.07, 6.45) is 4.18. The quantitative estimate of drug-likeness (QED) is 0.776. The molecule has 0 aliphatic rings. The normalized spacial score (nSPS) is 15.1. The number of quaternary nitrogens is 1. The van der Waals surface area contributed by atoms with Crippen molar-refractivity contribution in [1.82, 2.24) is 0 Å². The molecule has 0 saturated carbocycles. The second kappa shape index (κ2) is 4.75. The van der Waals surface area contributed by atoms with Gasteiger partial charge in [-0.25, -0.2) is 4.79 Å². The van der Waals surface area contributed by atoms with Crippen molar-refractivity contribution in [1.29, 1.82) is 0 Å². The summed E-state index contributed by atoms with van der Waals surface area (Å²) in [5.41, 5.74) is 3.78. The summed E-state index contributed by atoms with van der Waals surface area (Å²) < 4.78 is 0. The highest BCUT2D eigenvalue weighted by atomic mass is 16.4. The zero-order chi connectivity index (χ0) is 11.3. The SMILES string of the molecule is CC([NH3+])(C/C=C/c1ccccc1)C(=O)O. The fraction of sp³-hybridized carbons (Fsp3) is 0.250. The molecule has 0 fully saturated rings. The highest BCUT2D eigenvalue weighted by Crippen LogP contribution is 2.07. The summed E-state index contributed by atoms with van der Waals surface area (Å²) in [6, 6.07) is 9.77. The van der Waals surface area contributed by atoms with Gasteiger partial charge in [0, 0.05) is 13.3 Å². The minimum Gasteiger partial charge on any atom is -0.477 e. The number of carboxylic acids is 1. The molecular weight excluding hydrogens is 190 g/mol. The second-order valence-corrected chi connectivity index (χ2v) is 3.88. The van der Waals surface area contributed by atoms with Crippen LogP contribution in [-0.2, 0) is 4.79 Å². The molecule has 1 unspecified atom stereocenters. The first-order valence-corrected chi connectivity index (χ1v) is 4.83. The monoisotopic (exact) mass is 206 g/mol. The summed E-state index contributed by atoms with van der Waals surface area (Å²) in [5, 5.41) is 8.84. The lowest BCUT2D eigenvalue weighted by Crippen LogP contribution is -2.74. The van der Waals surface area contributed by atoms with Gasteiger partial charge in [0.1, 0.15) is 0 Å². The van der Waals surface area contributed by atoms with E-state index in [2.05, 4.69) is 5.73 Å². The van der Waals surface area contributed by atoms with Crippen LogP contribution in [0.5, 0.6) is 0 Å². The minimum absolute atomic E-state index is 0.428. The smallest absolute Gasteiger partial charge is 0.365 e. The molecule has 0 aliphatic heterocycles. The van der Waals surface area contributed by atoms with Crippen molar-refractivity contribution in [3.63, 3.8) is 0 Å². The molecule has 0 amide bonds. The number of hydrogen-bond acceptors (Lipinski definition) is 1. The number of aliphatic carboxylic acids is 1. The zero-order valence-electron chi connectivity index (χ0n) is 8.81. The first kappa shape index (κ1) is 11.5. The molecule has 15 heavy (non-hydrogen) atoms. The lowest BCUT2D eigenvalue weighted by molar-refractivity contribution is -0.455. The van der Waals surface area contributed by atoms with Crippen molar-refractivity contribution in [3.8, 4) is 0 Å². The predicted octanol–water partition coefficient (Wildman–Crippen LogP) is 1.18. The van der Waals surface area contributed by atoms with Crippen LogP contribution in [0.25, 0.3) is 6.08 Å². The first-order chi connectivity index (χ1) is 7.02. The average molecular weight is 206 g/mol. The fourth-order valence-corrected chi connectivity index (χ4v) is 1.11. The average Bonchev–Trinajstić information content (AvgIpc) is 2.19. The number of rotatable bonds is 4. The third-order valence-electron chi connectivity index (χ3n) is 2.19. The summed E-state index contributed by atoms with van der Waals surface area (Å²) in [5.74, 6) is -0.875. The van der Waals surface area contributed by atoms with Gasteiger partial charge in [-0.05, 0) is 5.56 Å². The van der Waals surface area contributed by atoms with Crippen LogP contribution in [0.2, 0.25) is 0 Å². The van der Waals surface area contributed by atoms with Crippen LogP contribution < -0.4 is 5.73 Å². The standard InChI is InChI=1S/C12H15NO2/c1-12(13,11(14)15)9-5-8-10-6-3-2-4-7-10/h2-8H,9,13H2,1H3,(H,14,15)/p+1/b8-5+. The molecular formula is C12H16NO2+. The Morgan fingerprint density at radius 1 is 1.47 bits per heavy atom. The van der Waals surface area contributed by atoms with Gasteiger partial charge in [0.2, 0.25) is 0 Å². The molecule has 0 heterocycles. The topological polar surface area (TPSA) is 64.9 Å². The Morgan fingerprint density at radius 3 is 2.60 bits per heavy atom. The fourth-order valence-electron chi connectivity index (χ4n) is 1.11. The van der Waals surface area contributed by atoms with Gasteiger partial charge in [0.05, 0.1) is 0 Å². The van der Waals surface area contributed by atoms with Gasteiger partial charge in [0.15, 0.2) is 5.54 Å². The van der Waals surface area contributed by atoms with Crippen molar-refractivity contribution in [2.24, 2.45) is 0 Å². The number of carbonyl (C=O) groups is 1. The van der Waals surface area contributed by atoms with Crippen molar-refractivity contribution >= 4 is 12.0 Å². The van der Waals surface area contributed by atoms with Crippen LogP contribution in [-0.4, -0.2) is 16.6 Å². The summed E-state index contributed by atoms with van der Waals surface area (Å²) in [4.78, 5) is 10.8. The molecule has 0 spiro atoms. The molecule has 3 heteroatoms. The number of carboxylic acid groups (broad SMARTS) is 1. The van der Waals surface area contributed by atoms with E-state index in [9.17, 15) is 4.79 Å². The Morgan fingerprint density at radius 2 is 2.07 bits per heavy atom. The van der Waals surface area contributed by atoms with E-state index in [1.165, 1.54) is 0 Å². The molecule has 0 aromatic heterocycles. The largest absolute Gasteiger partial charge is 0.477 e. The van der Waals surface area contributed by atoms with Crippen LogP contribution >= 0.6 is 0 Å². The van der Waals surface area contributed by atoms with Crippen molar-refractivity contribution in [3.05, 3.63) is 42.0 Å². The van der Waals surface area contributed by atoms with E-state index in [-0.39, 0.29) is 0 Å². The van der Waals surface area contributed by atoms with E-state index < -0.39 is 11.5 Å². The van der Waals surface area contributed by atoms with E-state index in [4.69, 9.17) is 5.11 Å². The van der Waals surface area contributed by atoms with Gasteiger partial charge in [-0.3, -0.25) is 0 Å². The maximum Gasteiger partial charge on any atom is 0.365 e. The molecule has 1 aromatic rings. The van der Waals surface area contributed by atoms with Crippen LogP contribution in [0, 0.1) is 0 Å². The molecule has 1 rings (SSSR count). The third-order valence-corrected chi connectivity index (χ3v) is 2.19. The molecule has 1 aromatic carbocycles. The van der Waals surface area contributed by atoms with Crippen LogP contribution in [0.4, 0.5) is 0 Å². The first-order valence-electron chi connectivity index (χ1n) is 4.83. The molecule has 0 bridgehead atoms. The zero-order valence-corrected chi connectivity index (χ0v) is 8.81. The van der Waals surface area contributed by atoms with Gasteiger partial charge in [-0.1, -0.05) is 42.5 Å². The molecule has 3 nitrogen and oxygen atoms in total. The van der Waals surface area contributed by atoms with Crippen LogP contribution in [0.1, 0.15) is 18.9 Å². The number of benzene rings is 1. The third kappa shape index (κ3) is 3.56. The van der Waals surface area contributed by atoms with Crippen molar-refractivity contribution in [2.45, 2.75) is 18.9 Å². The molecule has 80 valence electrons. The Bertz CT molecular complexity index is 355. The van der Waals surface area contributed by atoms with E-state index in [0.29, 0.717) is 6.42 Å². The lowest BCUT2D eigenvalue weighted by Gasteiger charge is -2.12. The Hall–Kier alpha value is -1.61. The lowest BCUT2D eigenvalue weighted by atomic mass is 9.99.